The standard InChI is InChI=1S/C59H82N4O/c1-39-20-23-45(24-21-39)48-36-53(49(35-42(48)4)47-19-13-12-16-41(47)3)61-37-54(60-7)56(46-27-25-44(26-28-46)43-17-10-8-11-18-43)63-38-62-52-30-29-51-50-34-40(2)22-31-55(50)64-59(51,6)57(52)58(5)32-14-9-15-33-58/h8-12,14-17,23,25,32,36,39-43,46-47,51,54,60-62H,13,18-22,24,26-31,33-35,37-38H2,1-7H3/b63-56-. The first kappa shape index (κ1) is 45.3. The highest BCUT2D eigenvalue weighted by atomic mass is 16.5. The first-order valence-electron chi connectivity index (χ1n) is 26.1. The quantitative estimate of drug-likeness (QED) is 0.128. The molecule has 3 N–H and O–H groups in total. The van der Waals surface area contributed by atoms with E-state index >= 15 is 0 Å². The molecule has 5 heteroatoms. The van der Waals surface area contributed by atoms with Gasteiger partial charge in [0.1, 0.15) is 12.3 Å². The topological polar surface area (TPSA) is 57.7 Å². The molecule has 9 aliphatic rings. The fourth-order valence-corrected chi connectivity index (χ4v) is 13.8. The minimum Gasteiger partial charge on any atom is -0.487 e. The lowest BCUT2D eigenvalue weighted by Gasteiger charge is -2.47. The van der Waals surface area contributed by atoms with Crippen molar-refractivity contribution in [2.45, 2.75) is 156 Å². The summed E-state index contributed by atoms with van der Waals surface area (Å²) in [6, 6.07) is 0.115. The van der Waals surface area contributed by atoms with Crippen LogP contribution in [0.2, 0.25) is 0 Å². The van der Waals surface area contributed by atoms with Crippen LogP contribution in [0.25, 0.3) is 0 Å². The van der Waals surface area contributed by atoms with E-state index < -0.39 is 0 Å². The van der Waals surface area contributed by atoms with Crippen molar-refractivity contribution in [1.29, 1.82) is 0 Å². The van der Waals surface area contributed by atoms with Gasteiger partial charge < -0.3 is 20.7 Å². The maximum atomic E-state index is 7.25. The zero-order valence-corrected chi connectivity index (χ0v) is 40.8. The molecule has 9 rings (SSSR count). The van der Waals surface area contributed by atoms with E-state index in [4.69, 9.17) is 9.73 Å². The molecule has 0 radical (unpaired) electrons. The van der Waals surface area contributed by atoms with Crippen molar-refractivity contribution in [3.8, 4) is 0 Å². The van der Waals surface area contributed by atoms with Gasteiger partial charge in [0.05, 0.1) is 11.8 Å². The molecule has 0 fully saturated rings. The smallest absolute Gasteiger partial charge is 0.136 e. The molecule has 0 amide bonds. The number of fused-ring (bicyclic) bond motifs is 2. The predicted molar refractivity (Wildman–Crippen MR) is 269 cm³/mol. The first-order chi connectivity index (χ1) is 31.0. The molecule has 0 aromatic carbocycles. The van der Waals surface area contributed by atoms with E-state index in [0.717, 1.165) is 76.2 Å². The van der Waals surface area contributed by atoms with Crippen LogP contribution in [0.15, 0.2) is 135 Å². The van der Waals surface area contributed by atoms with Crippen LogP contribution in [-0.2, 0) is 4.74 Å². The van der Waals surface area contributed by atoms with Gasteiger partial charge in [0.2, 0.25) is 0 Å². The molecule has 8 aliphatic carbocycles. The van der Waals surface area contributed by atoms with Crippen LogP contribution >= 0.6 is 0 Å². The second kappa shape index (κ2) is 19.6. The van der Waals surface area contributed by atoms with Crippen molar-refractivity contribution in [1.82, 2.24) is 16.0 Å². The lowest BCUT2D eigenvalue weighted by atomic mass is 9.61. The molecule has 64 heavy (non-hydrogen) atoms. The lowest BCUT2D eigenvalue weighted by molar-refractivity contribution is 0.0150. The van der Waals surface area contributed by atoms with Crippen molar-refractivity contribution in [3.63, 3.8) is 0 Å². The highest BCUT2D eigenvalue weighted by Gasteiger charge is 2.56. The number of allylic oxidation sites excluding steroid dienone is 19. The second-order valence-electron chi connectivity index (χ2n) is 22.1. The minimum absolute atomic E-state index is 0.102. The Labute approximate surface area is 388 Å². The molecule has 0 aromatic rings. The van der Waals surface area contributed by atoms with Crippen LogP contribution in [0.5, 0.6) is 0 Å². The highest BCUT2D eigenvalue weighted by molar-refractivity contribution is 5.92. The third-order valence-electron chi connectivity index (χ3n) is 17.5. The number of rotatable bonds is 13. The normalized spacial score (nSPS) is 36.9. The monoisotopic (exact) mass is 863 g/mol. The van der Waals surface area contributed by atoms with Gasteiger partial charge in [-0.05, 0) is 168 Å². The molecule has 0 saturated heterocycles. The minimum atomic E-state index is -0.330. The number of ether oxygens (including phenoxy) is 1. The van der Waals surface area contributed by atoms with Crippen LogP contribution in [0.3, 0.4) is 0 Å². The fourth-order valence-electron chi connectivity index (χ4n) is 13.8. The van der Waals surface area contributed by atoms with Crippen molar-refractivity contribution >= 4 is 5.71 Å². The molecule has 0 saturated carbocycles. The second-order valence-corrected chi connectivity index (χ2v) is 22.1. The summed E-state index contributed by atoms with van der Waals surface area (Å²) in [7, 11) is 2.17. The van der Waals surface area contributed by atoms with Gasteiger partial charge in [-0.2, -0.15) is 0 Å². The van der Waals surface area contributed by atoms with E-state index in [2.05, 4.69) is 144 Å². The number of aliphatic imine (C=N–C) groups is 1. The Hall–Kier alpha value is -3.83. The molecule has 11 atom stereocenters. The molecule has 1 aliphatic heterocycles. The van der Waals surface area contributed by atoms with Gasteiger partial charge in [-0.15, -0.1) is 0 Å². The third-order valence-corrected chi connectivity index (χ3v) is 17.5. The van der Waals surface area contributed by atoms with Gasteiger partial charge in [-0.3, -0.25) is 4.99 Å². The third kappa shape index (κ3) is 9.28. The Kier molecular flexibility index (Phi) is 13.9. The first-order valence-corrected chi connectivity index (χ1v) is 26.1. The van der Waals surface area contributed by atoms with E-state index in [1.807, 2.05) is 0 Å². The van der Waals surface area contributed by atoms with Crippen LogP contribution in [0.4, 0.5) is 0 Å². The Morgan fingerprint density at radius 2 is 1.67 bits per heavy atom. The van der Waals surface area contributed by atoms with Crippen LogP contribution < -0.4 is 16.0 Å². The van der Waals surface area contributed by atoms with Crippen LogP contribution in [-0.4, -0.2) is 37.6 Å². The summed E-state index contributed by atoms with van der Waals surface area (Å²) in [5, 5.41) is 12.1. The SMILES string of the molecule is CNC(CNC1=C(C2CCC=CC2C)CC(C)C(C2=CCC(C)CC2)=C1)/C(=N\CNC1=C(C2(C)C=CC=CC2)C2(C)OC3=C(CC(C)CC3)C2CC1)C1CC=C(C2C=CC=CC2)CC1. The zero-order valence-electron chi connectivity index (χ0n) is 40.8. The summed E-state index contributed by atoms with van der Waals surface area (Å²) >= 11 is 0. The summed E-state index contributed by atoms with van der Waals surface area (Å²) in [4.78, 5) is 5.72. The van der Waals surface area contributed by atoms with Crippen LogP contribution in [0, 0.1) is 52.8 Å². The number of hydrogen-bond donors (Lipinski definition) is 3. The molecular formula is C59H82N4O. The molecule has 0 spiro atoms. The summed E-state index contributed by atoms with van der Waals surface area (Å²) in [5.74, 6) is 5.95. The van der Waals surface area contributed by atoms with Crippen molar-refractivity contribution < 1.29 is 4.74 Å². The van der Waals surface area contributed by atoms with Crippen molar-refractivity contribution in [2.75, 3.05) is 20.3 Å². The van der Waals surface area contributed by atoms with Gasteiger partial charge in [0.15, 0.2) is 0 Å². The number of hydrogen-bond acceptors (Lipinski definition) is 5. The van der Waals surface area contributed by atoms with E-state index in [0.29, 0.717) is 42.2 Å². The predicted octanol–water partition coefficient (Wildman–Crippen LogP) is 13.6. The Morgan fingerprint density at radius 3 is 2.41 bits per heavy atom. The lowest BCUT2D eigenvalue weighted by Crippen LogP contribution is -2.48. The number of nitrogens with zero attached hydrogens (tertiary/aromatic N) is 1. The zero-order chi connectivity index (χ0) is 44.4. The average molecular weight is 863 g/mol. The average Bonchev–Trinajstić information content (AvgIpc) is 3.60. The molecule has 344 valence electrons. The molecule has 0 bridgehead atoms. The molecule has 0 aromatic heterocycles. The summed E-state index contributed by atoms with van der Waals surface area (Å²) in [6.45, 7) is 16.1. The van der Waals surface area contributed by atoms with Crippen molar-refractivity contribution in [2.24, 2.45) is 57.8 Å². The maximum Gasteiger partial charge on any atom is 0.136 e. The fraction of sp³-hybridized carbons (Fsp3) is 0.610. The summed E-state index contributed by atoms with van der Waals surface area (Å²) < 4.78 is 7.25. The molecule has 1 heterocycles. The molecular weight excluding hydrogens is 781 g/mol. The van der Waals surface area contributed by atoms with Crippen LogP contribution in [0.1, 0.15) is 144 Å². The largest absolute Gasteiger partial charge is 0.487 e. The highest BCUT2D eigenvalue weighted by Crippen LogP contribution is 2.59. The van der Waals surface area contributed by atoms with E-state index in [1.54, 1.807) is 27.9 Å². The van der Waals surface area contributed by atoms with E-state index in [-0.39, 0.29) is 17.1 Å². The van der Waals surface area contributed by atoms with Gasteiger partial charge in [0, 0.05) is 58.8 Å². The number of likely N-dealkylation sites (N-methyl/N-ethyl adjacent to an activating group) is 1. The van der Waals surface area contributed by atoms with Gasteiger partial charge in [-0.1, -0.05) is 113 Å². The Bertz CT molecular complexity index is 2150. The Morgan fingerprint density at radius 1 is 0.812 bits per heavy atom. The molecule has 5 nitrogen and oxygen atoms in total. The summed E-state index contributed by atoms with van der Waals surface area (Å²) in [6.07, 6.45) is 49.6. The van der Waals surface area contributed by atoms with Gasteiger partial charge in [-0.25, -0.2) is 0 Å². The summed E-state index contributed by atoms with van der Waals surface area (Å²) in [5.41, 5.74) is 13.2. The van der Waals surface area contributed by atoms with Gasteiger partial charge in [0.25, 0.3) is 0 Å². The molecule has 11 unspecified atom stereocenters. The van der Waals surface area contributed by atoms with E-state index in [9.17, 15) is 0 Å². The number of nitrogens with one attached hydrogen (secondary N) is 3. The van der Waals surface area contributed by atoms with Gasteiger partial charge >= 0.3 is 0 Å². The van der Waals surface area contributed by atoms with Crippen molar-refractivity contribution in [3.05, 3.63) is 130 Å². The Balaban J connectivity index is 1.03. The maximum absolute atomic E-state index is 7.25. The van der Waals surface area contributed by atoms with E-state index in [1.165, 1.54) is 73.4 Å².